The first-order valence-electron chi connectivity index (χ1n) is 4.70. The molecule has 1 heterocycles. The summed E-state index contributed by atoms with van der Waals surface area (Å²) in [5.41, 5.74) is 7.93. The van der Waals surface area contributed by atoms with Gasteiger partial charge in [0, 0.05) is 0 Å². The van der Waals surface area contributed by atoms with Crippen molar-refractivity contribution >= 4 is 17.4 Å². The Labute approximate surface area is 93.7 Å². The lowest BCUT2D eigenvalue weighted by Gasteiger charge is -2.03. The van der Waals surface area contributed by atoms with Crippen molar-refractivity contribution < 1.29 is 0 Å². The first-order valence-corrected chi connectivity index (χ1v) is 5.08. The topological polar surface area (TPSA) is 38.9 Å². The van der Waals surface area contributed by atoms with Crippen LogP contribution in [0.1, 0.15) is 11.1 Å². The molecule has 0 bridgehead atoms. The number of nitrogens with two attached hydrogens (primary N) is 1. The van der Waals surface area contributed by atoms with E-state index in [1.54, 1.807) is 0 Å². The lowest BCUT2D eigenvalue weighted by molar-refractivity contribution is 1.17. The van der Waals surface area contributed by atoms with Crippen LogP contribution >= 0.6 is 11.6 Å². The number of aromatic nitrogens is 1. The molecule has 2 aromatic rings. The van der Waals surface area contributed by atoms with Crippen molar-refractivity contribution in [1.29, 1.82) is 0 Å². The molecule has 2 N–H and O–H groups in total. The molecule has 0 radical (unpaired) electrons. The summed E-state index contributed by atoms with van der Waals surface area (Å²) in [6, 6.07) is 13.9. The second-order valence-corrected chi connectivity index (χ2v) is 3.77. The Hall–Kier alpha value is -1.54. The summed E-state index contributed by atoms with van der Waals surface area (Å²) in [7, 11) is 0. The molecule has 1 aromatic heterocycles. The van der Waals surface area contributed by atoms with E-state index in [0.717, 1.165) is 12.0 Å². The lowest BCUT2D eigenvalue weighted by Crippen LogP contribution is -1.94. The second kappa shape index (κ2) is 4.32. The van der Waals surface area contributed by atoms with Gasteiger partial charge in [-0.1, -0.05) is 41.9 Å². The van der Waals surface area contributed by atoms with E-state index in [1.165, 1.54) is 5.56 Å². The van der Waals surface area contributed by atoms with Crippen LogP contribution in [0.4, 0.5) is 5.82 Å². The van der Waals surface area contributed by atoms with E-state index in [9.17, 15) is 0 Å². The summed E-state index contributed by atoms with van der Waals surface area (Å²) in [5, 5.41) is 0.445. The number of anilines is 1. The normalized spacial score (nSPS) is 10.2. The zero-order valence-corrected chi connectivity index (χ0v) is 8.91. The molecule has 0 atom stereocenters. The number of hydrogen-bond donors (Lipinski definition) is 1. The molecule has 0 aliphatic carbocycles. The summed E-state index contributed by atoms with van der Waals surface area (Å²) < 4.78 is 0. The van der Waals surface area contributed by atoms with Crippen molar-refractivity contribution in [3.8, 4) is 0 Å². The van der Waals surface area contributed by atoms with Crippen LogP contribution in [0, 0.1) is 0 Å². The van der Waals surface area contributed by atoms with Crippen LogP contribution in [-0.2, 0) is 6.42 Å². The minimum Gasteiger partial charge on any atom is -0.384 e. The van der Waals surface area contributed by atoms with Gasteiger partial charge in [-0.15, -0.1) is 0 Å². The van der Waals surface area contributed by atoms with Crippen LogP contribution in [0.2, 0.25) is 5.15 Å². The van der Waals surface area contributed by atoms with E-state index < -0.39 is 0 Å². The Morgan fingerprint density at radius 3 is 2.47 bits per heavy atom. The molecular weight excluding hydrogens is 208 g/mol. The highest BCUT2D eigenvalue weighted by molar-refractivity contribution is 6.29. The first-order chi connectivity index (χ1) is 7.24. The number of nitrogens with zero attached hydrogens (tertiary/aromatic N) is 1. The van der Waals surface area contributed by atoms with Crippen LogP contribution in [0.15, 0.2) is 42.5 Å². The maximum Gasteiger partial charge on any atom is 0.131 e. The Morgan fingerprint density at radius 1 is 1.07 bits per heavy atom. The third-order valence-electron chi connectivity index (χ3n) is 2.12. The molecule has 0 spiro atoms. The van der Waals surface area contributed by atoms with Crippen LogP contribution in [0.25, 0.3) is 0 Å². The molecule has 0 saturated heterocycles. The van der Waals surface area contributed by atoms with E-state index >= 15 is 0 Å². The van der Waals surface area contributed by atoms with Crippen LogP contribution in [0.3, 0.4) is 0 Å². The zero-order valence-electron chi connectivity index (χ0n) is 8.15. The summed E-state index contributed by atoms with van der Waals surface area (Å²) in [6.45, 7) is 0. The van der Waals surface area contributed by atoms with Crippen LogP contribution in [-0.4, -0.2) is 4.98 Å². The molecule has 0 aliphatic heterocycles. The second-order valence-electron chi connectivity index (χ2n) is 3.39. The van der Waals surface area contributed by atoms with E-state index in [2.05, 4.69) is 17.1 Å². The summed E-state index contributed by atoms with van der Waals surface area (Å²) in [6.07, 6.45) is 0.827. The zero-order chi connectivity index (χ0) is 10.7. The molecule has 15 heavy (non-hydrogen) atoms. The van der Waals surface area contributed by atoms with E-state index in [1.807, 2.05) is 30.3 Å². The van der Waals surface area contributed by atoms with Crippen LogP contribution in [0.5, 0.6) is 0 Å². The van der Waals surface area contributed by atoms with Gasteiger partial charge in [-0.25, -0.2) is 4.98 Å². The van der Waals surface area contributed by atoms with Gasteiger partial charge in [0.2, 0.25) is 0 Å². The molecule has 0 saturated carbocycles. The van der Waals surface area contributed by atoms with Gasteiger partial charge in [0.25, 0.3) is 0 Å². The fourth-order valence-corrected chi connectivity index (χ4v) is 1.74. The average molecular weight is 219 g/mol. The van der Waals surface area contributed by atoms with Crippen molar-refractivity contribution in [2.75, 3.05) is 5.73 Å². The molecule has 3 heteroatoms. The number of hydrogen-bond acceptors (Lipinski definition) is 2. The quantitative estimate of drug-likeness (QED) is 0.788. The largest absolute Gasteiger partial charge is 0.384 e. The third kappa shape index (κ3) is 2.70. The monoisotopic (exact) mass is 218 g/mol. The minimum absolute atomic E-state index is 0.445. The van der Waals surface area contributed by atoms with Gasteiger partial charge >= 0.3 is 0 Å². The fourth-order valence-electron chi connectivity index (χ4n) is 1.51. The molecule has 0 unspecified atom stereocenters. The number of halogens is 1. The summed E-state index contributed by atoms with van der Waals surface area (Å²) in [5.74, 6) is 0.466. The van der Waals surface area contributed by atoms with Crippen LogP contribution < -0.4 is 5.73 Å². The predicted octanol–water partition coefficient (Wildman–Crippen LogP) is 2.91. The van der Waals surface area contributed by atoms with Gasteiger partial charge in [-0.2, -0.15) is 0 Å². The molecule has 2 rings (SSSR count). The van der Waals surface area contributed by atoms with Gasteiger partial charge in [-0.3, -0.25) is 0 Å². The van der Waals surface area contributed by atoms with Crippen molar-refractivity contribution in [2.45, 2.75) is 6.42 Å². The number of nitrogen functional groups attached to an aromatic ring is 1. The minimum atomic E-state index is 0.445. The fraction of sp³-hybridized carbons (Fsp3) is 0.0833. The predicted molar refractivity (Wildman–Crippen MR) is 62.9 cm³/mol. The Bertz CT molecular complexity index is 434. The van der Waals surface area contributed by atoms with E-state index in [0.29, 0.717) is 11.0 Å². The van der Waals surface area contributed by atoms with Gasteiger partial charge < -0.3 is 5.73 Å². The van der Waals surface area contributed by atoms with Crippen molar-refractivity contribution in [1.82, 2.24) is 4.98 Å². The molecule has 76 valence electrons. The Balaban J connectivity index is 2.25. The first kappa shape index (κ1) is 9.99. The highest BCUT2D eigenvalue weighted by Crippen LogP contribution is 2.15. The molecule has 0 amide bonds. The molecule has 0 aliphatic rings. The molecular formula is C12H11ClN2. The van der Waals surface area contributed by atoms with Crippen molar-refractivity contribution in [3.05, 3.63) is 58.7 Å². The standard InChI is InChI=1S/C12H11ClN2/c13-11-7-10(8-12(14)15-11)6-9-4-2-1-3-5-9/h1-5,7-8H,6H2,(H2,14,15). The Morgan fingerprint density at radius 2 is 1.80 bits per heavy atom. The van der Waals surface area contributed by atoms with E-state index in [-0.39, 0.29) is 0 Å². The van der Waals surface area contributed by atoms with E-state index in [4.69, 9.17) is 17.3 Å². The summed E-state index contributed by atoms with van der Waals surface area (Å²) in [4.78, 5) is 3.92. The Kier molecular flexibility index (Phi) is 2.88. The highest BCUT2D eigenvalue weighted by atomic mass is 35.5. The van der Waals surface area contributed by atoms with Gasteiger partial charge in [0.15, 0.2) is 0 Å². The third-order valence-corrected chi connectivity index (χ3v) is 2.32. The van der Waals surface area contributed by atoms with Crippen molar-refractivity contribution in [3.63, 3.8) is 0 Å². The number of benzene rings is 1. The number of pyridine rings is 1. The maximum atomic E-state index is 5.83. The van der Waals surface area contributed by atoms with Gasteiger partial charge in [-0.05, 0) is 29.7 Å². The molecule has 0 fully saturated rings. The highest BCUT2D eigenvalue weighted by Gasteiger charge is 1.99. The van der Waals surface area contributed by atoms with Crippen molar-refractivity contribution in [2.24, 2.45) is 0 Å². The van der Waals surface area contributed by atoms with Gasteiger partial charge in [0.1, 0.15) is 11.0 Å². The molecule has 1 aromatic carbocycles. The average Bonchev–Trinajstić information content (AvgIpc) is 2.17. The lowest BCUT2D eigenvalue weighted by atomic mass is 10.1. The molecule has 2 nitrogen and oxygen atoms in total. The SMILES string of the molecule is Nc1cc(Cc2ccccc2)cc(Cl)n1. The van der Waals surface area contributed by atoms with Gasteiger partial charge in [0.05, 0.1) is 0 Å². The maximum absolute atomic E-state index is 5.83. The smallest absolute Gasteiger partial charge is 0.131 e. The number of rotatable bonds is 2. The summed E-state index contributed by atoms with van der Waals surface area (Å²) >= 11 is 5.83.